The number of anilines is 1. The van der Waals surface area contributed by atoms with Crippen LogP contribution in [0.2, 0.25) is 0 Å². The van der Waals surface area contributed by atoms with E-state index in [2.05, 4.69) is 10.6 Å². The number of fused-ring (bicyclic) bond motifs is 1. The Bertz CT molecular complexity index is 1750. The number of hydrogen-bond donors (Lipinski definition) is 2. The number of aromatic nitrogens is 2. The van der Waals surface area contributed by atoms with E-state index in [1.165, 1.54) is 31.0 Å². The fourth-order valence-corrected chi connectivity index (χ4v) is 6.45. The Balaban J connectivity index is 1.20. The van der Waals surface area contributed by atoms with Crippen molar-refractivity contribution in [2.75, 3.05) is 19.0 Å². The lowest BCUT2D eigenvalue weighted by Gasteiger charge is -2.40. The number of rotatable bonds is 10. The highest BCUT2D eigenvalue weighted by Crippen LogP contribution is 2.38. The number of hydrogen-bond acceptors (Lipinski definition) is 6. The van der Waals surface area contributed by atoms with Gasteiger partial charge in [0.15, 0.2) is 0 Å². The van der Waals surface area contributed by atoms with Gasteiger partial charge in [0, 0.05) is 28.6 Å². The molecule has 6 rings (SSSR count). The van der Waals surface area contributed by atoms with Crippen molar-refractivity contribution in [2.45, 2.75) is 69.7 Å². The van der Waals surface area contributed by atoms with Crippen molar-refractivity contribution in [3.63, 3.8) is 0 Å². The van der Waals surface area contributed by atoms with Gasteiger partial charge in [-0.15, -0.1) is 0 Å². The maximum absolute atomic E-state index is 13.6. The third kappa shape index (κ3) is 6.54. The molecule has 9 nitrogen and oxygen atoms in total. The van der Waals surface area contributed by atoms with E-state index in [1.54, 1.807) is 44.4 Å². The molecule has 2 saturated carbocycles. The highest BCUT2D eigenvalue weighted by molar-refractivity contribution is 6.05. The van der Waals surface area contributed by atoms with E-state index in [9.17, 15) is 14.4 Å². The number of amides is 2. The first-order chi connectivity index (χ1) is 22.4. The number of ether oxygens (including phenoxy) is 2. The van der Waals surface area contributed by atoms with Gasteiger partial charge in [-0.3, -0.25) is 9.59 Å². The van der Waals surface area contributed by atoms with Gasteiger partial charge >= 0.3 is 5.97 Å². The van der Waals surface area contributed by atoms with Crippen molar-refractivity contribution in [3.05, 3.63) is 89.6 Å². The molecule has 1 heterocycles. The molecule has 238 valence electrons. The molecular formula is C37H40N4O5. The Labute approximate surface area is 269 Å². The van der Waals surface area contributed by atoms with E-state index in [0.717, 1.165) is 47.2 Å². The summed E-state index contributed by atoms with van der Waals surface area (Å²) < 4.78 is 12.3. The molecule has 2 amide bonds. The Morgan fingerprint density at radius 3 is 2.35 bits per heavy atom. The average Bonchev–Trinajstić information content (AvgIpc) is 3.45. The summed E-state index contributed by atoms with van der Waals surface area (Å²) in [6.45, 7) is 2.07. The molecule has 0 atom stereocenters. The fraction of sp³-hybridized carbons (Fsp3) is 0.351. The average molecular weight is 621 g/mol. The molecule has 9 heteroatoms. The second kappa shape index (κ2) is 13.6. The summed E-state index contributed by atoms with van der Waals surface area (Å²) in [5.74, 6) is 0.232. The molecule has 0 saturated heterocycles. The van der Waals surface area contributed by atoms with E-state index in [0.29, 0.717) is 36.6 Å². The number of nitrogens with zero attached hydrogens (tertiary/aromatic N) is 2. The van der Waals surface area contributed by atoms with Crippen molar-refractivity contribution in [1.29, 1.82) is 0 Å². The lowest BCUT2D eigenvalue weighted by molar-refractivity contribution is -0.137. The van der Waals surface area contributed by atoms with E-state index < -0.39 is 11.5 Å². The quantitative estimate of drug-likeness (QED) is 0.147. The van der Waals surface area contributed by atoms with Crippen LogP contribution in [0, 0.1) is 0 Å². The molecule has 2 fully saturated rings. The minimum atomic E-state index is -0.982. The highest BCUT2D eigenvalue weighted by atomic mass is 16.5. The third-order valence-corrected chi connectivity index (χ3v) is 9.14. The van der Waals surface area contributed by atoms with Crippen LogP contribution in [0.25, 0.3) is 22.7 Å². The van der Waals surface area contributed by atoms with Gasteiger partial charge in [0.25, 0.3) is 5.91 Å². The SMILES string of the molecule is CCOC(=O)/C=C/c1ccc(NC(=O)C2(NC(=O)c3ccc4c(C5CCCCC5)n(-c5ccc(OC)cc5)nc4c3)CCC2)cc1. The van der Waals surface area contributed by atoms with Crippen molar-refractivity contribution in [2.24, 2.45) is 0 Å². The third-order valence-electron chi connectivity index (χ3n) is 9.14. The van der Waals surface area contributed by atoms with Gasteiger partial charge in [-0.25, -0.2) is 9.48 Å². The minimum absolute atomic E-state index is 0.244. The molecule has 46 heavy (non-hydrogen) atoms. The lowest BCUT2D eigenvalue weighted by Crippen LogP contribution is -2.61. The number of nitrogens with one attached hydrogen (secondary N) is 2. The molecule has 3 aromatic carbocycles. The molecule has 2 N–H and O–H groups in total. The van der Waals surface area contributed by atoms with Gasteiger partial charge in [0.05, 0.1) is 30.6 Å². The van der Waals surface area contributed by atoms with Gasteiger partial charge in [-0.2, -0.15) is 5.10 Å². The smallest absolute Gasteiger partial charge is 0.330 e. The van der Waals surface area contributed by atoms with Crippen LogP contribution >= 0.6 is 0 Å². The van der Waals surface area contributed by atoms with Crippen LogP contribution in [0.4, 0.5) is 5.69 Å². The van der Waals surface area contributed by atoms with Crippen LogP contribution in [0.3, 0.4) is 0 Å². The topological polar surface area (TPSA) is 112 Å². The first kappa shape index (κ1) is 31.1. The summed E-state index contributed by atoms with van der Waals surface area (Å²) in [5.41, 5.74) is 3.80. The number of carbonyl (C=O) groups is 3. The zero-order valence-corrected chi connectivity index (χ0v) is 26.4. The first-order valence-electron chi connectivity index (χ1n) is 16.1. The van der Waals surface area contributed by atoms with Crippen LogP contribution in [-0.2, 0) is 14.3 Å². The summed E-state index contributed by atoms with van der Waals surface area (Å²) in [4.78, 5) is 38.7. The number of esters is 1. The summed E-state index contributed by atoms with van der Waals surface area (Å²) in [6, 6.07) is 20.7. The highest BCUT2D eigenvalue weighted by Gasteiger charge is 2.45. The van der Waals surface area contributed by atoms with Crippen molar-refractivity contribution >= 4 is 40.4 Å². The first-order valence-corrected chi connectivity index (χ1v) is 16.1. The summed E-state index contributed by atoms with van der Waals surface area (Å²) in [7, 11) is 1.65. The Morgan fingerprint density at radius 1 is 0.957 bits per heavy atom. The van der Waals surface area contributed by atoms with Gasteiger partial charge in [0.1, 0.15) is 11.3 Å². The number of carbonyl (C=O) groups excluding carboxylic acids is 3. The van der Waals surface area contributed by atoms with Crippen molar-refractivity contribution < 1.29 is 23.9 Å². The largest absolute Gasteiger partial charge is 0.497 e. The normalized spacial score (nSPS) is 16.1. The second-order valence-corrected chi connectivity index (χ2v) is 12.1. The van der Waals surface area contributed by atoms with Crippen molar-refractivity contribution in [3.8, 4) is 11.4 Å². The second-order valence-electron chi connectivity index (χ2n) is 12.1. The summed E-state index contributed by atoms with van der Waals surface area (Å²) >= 11 is 0. The van der Waals surface area contributed by atoms with Crippen LogP contribution in [0.5, 0.6) is 5.75 Å². The predicted molar refractivity (Wildman–Crippen MR) is 178 cm³/mol. The van der Waals surface area contributed by atoms with E-state index >= 15 is 0 Å². The molecule has 0 bridgehead atoms. The van der Waals surface area contributed by atoms with Crippen LogP contribution < -0.4 is 15.4 Å². The zero-order valence-electron chi connectivity index (χ0n) is 26.4. The molecule has 1 aromatic heterocycles. The summed E-state index contributed by atoms with van der Waals surface area (Å²) in [6.07, 6.45) is 10.9. The Morgan fingerprint density at radius 2 is 1.70 bits per heavy atom. The minimum Gasteiger partial charge on any atom is -0.497 e. The molecule has 2 aliphatic rings. The van der Waals surface area contributed by atoms with Crippen molar-refractivity contribution in [1.82, 2.24) is 15.1 Å². The lowest BCUT2D eigenvalue weighted by atomic mass is 9.75. The fourth-order valence-electron chi connectivity index (χ4n) is 6.45. The van der Waals surface area contributed by atoms with E-state index in [1.807, 2.05) is 47.1 Å². The molecule has 0 aliphatic heterocycles. The molecule has 2 aliphatic carbocycles. The summed E-state index contributed by atoms with van der Waals surface area (Å²) in [5, 5.41) is 12.1. The van der Waals surface area contributed by atoms with Crippen LogP contribution in [0.1, 0.15) is 85.8 Å². The Kier molecular flexibility index (Phi) is 9.19. The zero-order chi connectivity index (χ0) is 32.1. The number of benzene rings is 3. The monoisotopic (exact) mass is 620 g/mol. The van der Waals surface area contributed by atoms with E-state index in [4.69, 9.17) is 14.6 Å². The maximum Gasteiger partial charge on any atom is 0.330 e. The van der Waals surface area contributed by atoms with Crippen LogP contribution in [-0.4, -0.2) is 46.8 Å². The van der Waals surface area contributed by atoms with Crippen LogP contribution in [0.15, 0.2) is 72.8 Å². The maximum atomic E-state index is 13.6. The molecule has 0 radical (unpaired) electrons. The molecule has 0 unspecified atom stereocenters. The predicted octanol–water partition coefficient (Wildman–Crippen LogP) is 6.95. The van der Waals surface area contributed by atoms with Gasteiger partial charge < -0.3 is 20.1 Å². The van der Waals surface area contributed by atoms with E-state index in [-0.39, 0.29) is 11.8 Å². The standard InChI is InChI=1S/C37H40N4O5/c1-3-46-33(42)21-12-25-10-14-28(15-11-25)38-36(44)37(22-7-23-37)39-35(43)27-13-20-31-32(24-27)40-41(29-16-18-30(45-2)19-17-29)34(31)26-8-5-4-6-9-26/h10-21,24,26H,3-9,22-23H2,1-2H3,(H,38,44)(H,39,43)/b21-12+. The van der Waals surface area contributed by atoms with Gasteiger partial charge in [-0.1, -0.05) is 37.5 Å². The molecular weight excluding hydrogens is 580 g/mol. The molecule has 4 aromatic rings. The Hall–Kier alpha value is -4.92. The van der Waals surface area contributed by atoms with Gasteiger partial charge in [-0.05, 0) is 99.2 Å². The van der Waals surface area contributed by atoms with Gasteiger partial charge in [0.2, 0.25) is 5.91 Å². The molecule has 0 spiro atoms. The number of methoxy groups -OCH3 is 1.